The summed E-state index contributed by atoms with van der Waals surface area (Å²) in [4.78, 5) is 14.6. The highest BCUT2D eigenvalue weighted by Gasteiger charge is 2.36. The highest BCUT2D eigenvalue weighted by Crippen LogP contribution is 2.29. The van der Waals surface area contributed by atoms with Crippen molar-refractivity contribution in [3.63, 3.8) is 0 Å². The molecule has 2 aromatic carbocycles. The fourth-order valence-electron chi connectivity index (χ4n) is 3.96. The molecule has 1 atom stereocenters. The SMILES string of the molecule is O=C(NCc1ccccc1-c1ccccc1)OC1CN2CCC1CC2. The summed E-state index contributed by atoms with van der Waals surface area (Å²) in [6.45, 7) is 3.66. The van der Waals surface area contributed by atoms with Gasteiger partial charge in [0, 0.05) is 13.1 Å². The number of nitrogens with one attached hydrogen (secondary N) is 1. The molecule has 0 aliphatic carbocycles. The van der Waals surface area contributed by atoms with Crippen LogP contribution in [-0.4, -0.2) is 36.7 Å². The van der Waals surface area contributed by atoms with Crippen molar-refractivity contribution in [3.8, 4) is 11.1 Å². The minimum absolute atomic E-state index is 0.0480. The number of carbonyl (C=O) groups excluding carboxylic acids is 1. The van der Waals surface area contributed by atoms with Gasteiger partial charge in [-0.05, 0) is 48.5 Å². The van der Waals surface area contributed by atoms with Crippen LogP contribution in [0, 0.1) is 5.92 Å². The standard InChI is InChI=1S/C21H24N2O2/c24-21(25-20-15-23-12-10-17(20)11-13-23)22-14-18-8-4-5-9-19(18)16-6-2-1-3-7-16/h1-9,17,20H,10-15H2,(H,22,24). The summed E-state index contributed by atoms with van der Waals surface area (Å²) in [5.74, 6) is 0.535. The molecule has 3 fully saturated rings. The number of carbonyl (C=O) groups is 1. The van der Waals surface area contributed by atoms with Gasteiger partial charge in [-0.3, -0.25) is 4.90 Å². The number of hydrogen-bond acceptors (Lipinski definition) is 3. The lowest BCUT2D eigenvalue weighted by molar-refractivity contribution is -0.0332. The number of piperidine rings is 3. The van der Waals surface area contributed by atoms with Crippen LogP contribution in [0.25, 0.3) is 11.1 Å². The van der Waals surface area contributed by atoms with Gasteiger partial charge < -0.3 is 10.1 Å². The third-order valence-electron chi connectivity index (χ3n) is 5.38. The van der Waals surface area contributed by atoms with Gasteiger partial charge in [0.15, 0.2) is 0 Å². The van der Waals surface area contributed by atoms with Gasteiger partial charge in [-0.1, -0.05) is 54.6 Å². The summed E-state index contributed by atoms with van der Waals surface area (Å²) in [5, 5.41) is 2.94. The molecule has 3 saturated heterocycles. The van der Waals surface area contributed by atoms with Crippen LogP contribution in [0.5, 0.6) is 0 Å². The average molecular weight is 336 g/mol. The average Bonchev–Trinajstić information content (AvgIpc) is 2.68. The number of rotatable bonds is 4. The van der Waals surface area contributed by atoms with E-state index in [1.54, 1.807) is 0 Å². The van der Waals surface area contributed by atoms with Crippen molar-refractivity contribution in [1.82, 2.24) is 10.2 Å². The van der Waals surface area contributed by atoms with Gasteiger partial charge in [-0.2, -0.15) is 0 Å². The first-order chi connectivity index (χ1) is 12.3. The van der Waals surface area contributed by atoms with Crippen molar-refractivity contribution >= 4 is 6.09 Å². The van der Waals surface area contributed by atoms with Crippen molar-refractivity contribution in [2.24, 2.45) is 5.92 Å². The molecule has 0 saturated carbocycles. The van der Waals surface area contributed by atoms with Crippen molar-refractivity contribution < 1.29 is 9.53 Å². The largest absolute Gasteiger partial charge is 0.445 e. The lowest BCUT2D eigenvalue weighted by Gasteiger charge is -2.43. The van der Waals surface area contributed by atoms with Gasteiger partial charge in [-0.25, -0.2) is 4.79 Å². The van der Waals surface area contributed by atoms with Crippen LogP contribution in [-0.2, 0) is 11.3 Å². The van der Waals surface area contributed by atoms with E-state index >= 15 is 0 Å². The Bertz CT molecular complexity index is 724. The highest BCUT2D eigenvalue weighted by molar-refractivity contribution is 5.70. The van der Waals surface area contributed by atoms with Crippen LogP contribution in [0.2, 0.25) is 0 Å². The number of hydrogen-bond donors (Lipinski definition) is 1. The Hall–Kier alpha value is -2.33. The summed E-state index contributed by atoms with van der Waals surface area (Å²) in [7, 11) is 0. The smallest absolute Gasteiger partial charge is 0.407 e. The van der Waals surface area contributed by atoms with E-state index in [0.29, 0.717) is 12.5 Å². The first-order valence-corrected chi connectivity index (χ1v) is 9.10. The summed E-state index contributed by atoms with van der Waals surface area (Å²) in [6, 6.07) is 18.4. The molecule has 130 valence electrons. The fourth-order valence-corrected chi connectivity index (χ4v) is 3.96. The van der Waals surface area contributed by atoms with E-state index in [0.717, 1.165) is 49.2 Å². The van der Waals surface area contributed by atoms with E-state index in [1.165, 1.54) is 0 Å². The summed E-state index contributed by atoms with van der Waals surface area (Å²) in [6.07, 6.45) is 2.04. The van der Waals surface area contributed by atoms with Gasteiger partial charge in [0.05, 0.1) is 0 Å². The maximum absolute atomic E-state index is 12.3. The van der Waals surface area contributed by atoms with E-state index < -0.39 is 0 Å². The fraction of sp³-hybridized carbons (Fsp3) is 0.381. The van der Waals surface area contributed by atoms with Crippen molar-refractivity contribution in [1.29, 1.82) is 0 Å². The van der Waals surface area contributed by atoms with E-state index in [2.05, 4.69) is 34.5 Å². The molecular formula is C21H24N2O2. The maximum Gasteiger partial charge on any atom is 0.407 e. The third-order valence-corrected chi connectivity index (χ3v) is 5.38. The topological polar surface area (TPSA) is 41.6 Å². The number of alkyl carbamates (subject to hydrolysis) is 1. The quantitative estimate of drug-likeness (QED) is 0.926. The molecule has 0 spiro atoms. The number of benzene rings is 2. The third kappa shape index (κ3) is 3.69. The molecule has 4 nitrogen and oxygen atoms in total. The number of nitrogens with zero attached hydrogens (tertiary/aromatic N) is 1. The molecule has 1 N–H and O–H groups in total. The molecule has 2 aromatic rings. The maximum atomic E-state index is 12.3. The molecule has 4 heteroatoms. The Morgan fingerprint density at radius 3 is 2.48 bits per heavy atom. The molecule has 3 heterocycles. The monoisotopic (exact) mass is 336 g/mol. The second kappa shape index (κ2) is 7.28. The first-order valence-electron chi connectivity index (χ1n) is 9.10. The zero-order chi connectivity index (χ0) is 17.1. The molecule has 1 amide bonds. The summed E-state index contributed by atoms with van der Waals surface area (Å²) in [5.41, 5.74) is 3.40. The number of fused-ring (bicyclic) bond motifs is 3. The molecule has 25 heavy (non-hydrogen) atoms. The van der Waals surface area contributed by atoms with Crippen LogP contribution in [0.4, 0.5) is 4.79 Å². The van der Waals surface area contributed by atoms with Crippen molar-refractivity contribution in [2.45, 2.75) is 25.5 Å². The number of ether oxygens (including phenoxy) is 1. The lowest BCUT2D eigenvalue weighted by Crippen LogP contribution is -2.52. The predicted molar refractivity (Wildman–Crippen MR) is 98.2 cm³/mol. The van der Waals surface area contributed by atoms with Crippen LogP contribution in [0.1, 0.15) is 18.4 Å². The molecule has 3 aliphatic rings. The van der Waals surface area contributed by atoms with Crippen LogP contribution >= 0.6 is 0 Å². The first kappa shape index (κ1) is 16.2. The van der Waals surface area contributed by atoms with Crippen LogP contribution < -0.4 is 5.32 Å². The highest BCUT2D eigenvalue weighted by atomic mass is 16.6. The lowest BCUT2D eigenvalue weighted by atomic mass is 9.86. The normalized spacial score (nSPS) is 24.7. The van der Waals surface area contributed by atoms with Crippen LogP contribution in [0.15, 0.2) is 54.6 Å². The second-order valence-corrected chi connectivity index (χ2v) is 6.96. The van der Waals surface area contributed by atoms with Gasteiger partial charge in [0.25, 0.3) is 0 Å². The van der Waals surface area contributed by atoms with E-state index in [1.807, 2.05) is 30.3 Å². The zero-order valence-corrected chi connectivity index (χ0v) is 14.4. The molecule has 1 unspecified atom stereocenters. The van der Waals surface area contributed by atoms with Crippen LogP contribution in [0.3, 0.4) is 0 Å². The van der Waals surface area contributed by atoms with Crippen molar-refractivity contribution in [3.05, 3.63) is 60.2 Å². The minimum atomic E-state index is -0.304. The molecule has 3 aliphatic heterocycles. The van der Waals surface area contributed by atoms with Crippen molar-refractivity contribution in [2.75, 3.05) is 19.6 Å². The second-order valence-electron chi connectivity index (χ2n) is 6.96. The predicted octanol–water partition coefficient (Wildman–Crippen LogP) is 3.67. The molecule has 5 rings (SSSR count). The summed E-state index contributed by atoms with van der Waals surface area (Å²) < 4.78 is 5.70. The number of amides is 1. The summed E-state index contributed by atoms with van der Waals surface area (Å²) >= 11 is 0. The Morgan fingerprint density at radius 1 is 1.04 bits per heavy atom. The van der Waals surface area contributed by atoms with Gasteiger partial charge >= 0.3 is 6.09 Å². The van der Waals surface area contributed by atoms with E-state index in [9.17, 15) is 4.79 Å². The van der Waals surface area contributed by atoms with E-state index in [-0.39, 0.29) is 12.2 Å². The van der Waals surface area contributed by atoms with Gasteiger partial charge in [0.1, 0.15) is 6.10 Å². The minimum Gasteiger partial charge on any atom is -0.445 e. The Balaban J connectivity index is 1.38. The van der Waals surface area contributed by atoms with Gasteiger partial charge in [0.2, 0.25) is 0 Å². The van der Waals surface area contributed by atoms with E-state index in [4.69, 9.17) is 4.74 Å². The zero-order valence-electron chi connectivity index (χ0n) is 14.4. The Kier molecular flexibility index (Phi) is 4.70. The van der Waals surface area contributed by atoms with Gasteiger partial charge in [-0.15, -0.1) is 0 Å². The Labute approximate surface area is 148 Å². The molecule has 0 aromatic heterocycles. The Morgan fingerprint density at radius 2 is 1.76 bits per heavy atom. The molecule has 0 radical (unpaired) electrons. The molecule has 2 bridgehead atoms. The molecular weight excluding hydrogens is 312 g/mol.